The first-order valence-corrected chi connectivity index (χ1v) is 10.2. The quantitative estimate of drug-likeness (QED) is 0.403. The Bertz CT molecular complexity index is 1650. The molecular weight excluding hydrogens is 456 g/mol. The number of nitrogens with one attached hydrogen (secondary N) is 1. The van der Waals surface area contributed by atoms with Crippen LogP contribution in [0.3, 0.4) is 0 Å². The third-order valence-electron chi connectivity index (χ3n) is 5.28. The van der Waals surface area contributed by atoms with Crippen LogP contribution in [-0.4, -0.2) is 19.5 Å². The van der Waals surface area contributed by atoms with Crippen LogP contribution in [0.5, 0.6) is 0 Å². The average Bonchev–Trinajstić information content (AvgIpc) is 2.80. The molecule has 2 aromatic carbocycles. The van der Waals surface area contributed by atoms with Gasteiger partial charge in [0.15, 0.2) is 5.82 Å². The lowest BCUT2D eigenvalue weighted by Gasteiger charge is -2.21. The maximum Gasteiger partial charge on any atom is 0.269 e. The number of nitrogens with two attached hydrogens (primary N) is 2. The highest BCUT2D eigenvalue weighted by Gasteiger charge is 2.23. The van der Waals surface area contributed by atoms with Crippen molar-refractivity contribution in [2.24, 2.45) is 0 Å². The number of hydrogen-bond donors (Lipinski definition) is 3. The molecular formula is C23H17F2N9O. The molecule has 0 radical (unpaired) electrons. The minimum Gasteiger partial charge on any atom is -0.382 e. The van der Waals surface area contributed by atoms with Crippen molar-refractivity contribution in [2.45, 2.75) is 19.9 Å². The molecule has 1 atom stereocenters. The fraction of sp³-hybridized carbons (Fsp3) is 0.130. The maximum atomic E-state index is 14.7. The molecule has 0 spiro atoms. The zero-order chi connectivity index (χ0) is 25.4. The van der Waals surface area contributed by atoms with Gasteiger partial charge in [0.05, 0.1) is 28.9 Å². The molecule has 4 aromatic rings. The van der Waals surface area contributed by atoms with Crippen LogP contribution >= 0.6 is 0 Å². The second kappa shape index (κ2) is 8.68. The SMILES string of the molecule is Cc1ccc(F)c2c(=O)n(-c3cc(F)cc(C#N)c3)c(C(C)Nc3nc(N)nc(N)c3C#N)nc12. The maximum absolute atomic E-state index is 14.7. The van der Waals surface area contributed by atoms with Gasteiger partial charge in [-0.15, -0.1) is 0 Å². The smallest absolute Gasteiger partial charge is 0.269 e. The molecule has 0 aliphatic heterocycles. The summed E-state index contributed by atoms with van der Waals surface area (Å²) in [4.78, 5) is 25.8. The second-order valence-electron chi connectivity index (χ2n) is 7.68. The van der Waals surface area contributed by atoms with E-state index in [2.05, 4.69) is 20.3 Å². The Morgan fingerprint density at radius 1 is 1.09 bits per heavy atom. The van der Waals surface area contributed by atoms with Crippen LogP contribution in [0.2, 0.25) is 0 Å². The first-order valence-electron chi connectivity index (χ1n) is 10.2. The zero-order valence-electron chi connectivity index (χ0n) is 18.5. The summed E-state index contributed by atoms with van der Waals surface area (Å²) in [5.74, 6) is -1.90. The average molecular weight is 473 g/mol. The van der Waals surface area contributed by atoms with Gasteiger partial charge in [0.2, 0.25) is 5.95 Å². The van der Waals surface area contributed by atoms with Crippen LogP contribution in [0.4, 0.5) is 26.4 Å². The van der Waals surface area contributed by atoms with Crippen LogP contribution in [0.1, 0.15) is 35.5 Å². The highest BCUT2D eigenvalue weighted by atomic mass is 19.1. The highest BCUT2D eigenvalue weighted by molar-refractivity contribution is 5.82. The molecule has 0 saturated heterocycles. The van der Waals surface area contributed by atoms with Crippen molar-refractivity contribution >= 4 is 28.5 Å². The van der Waals surface area contributed by atoms with Crippen molar-refractivity contribution in [3.63, 3.8) is 0 Å². The van der Waals surface area contributed by atoms with Crippen LogP contribution < -0.4 is 22.3 Å². The third kappa shape index (κ3) is 4.05. The van der Waals surface area contributed by atoms with E-state index >= 15 is 0 Å². The van der Waals surface area contributed by atoms with Crippen molar-refractivity contribution in [3.05, 3.63) is 74.8 Å². The van der Waals surface area contributed by atoms with E-state index in [1.807, 2.05) is 12.1 Å². The summed E-state index contributed by atoms with van der Waals surface area (Å²) in [6.07, 6.45) is 0. The number of anilines is 3. The van der Waals surface area contributed by atoms with E-state index < -0.39 is 23.2 Å². The number of fused-ring (bicyclic) bond motifs is 1. The number of nitriles is 2. The third-order valence-corrected chi connectivity index (χ3v) is 5.28. The highest BCUT2D eigenvalue weighted by Crippen LogP contribution is 2.27. The number of rotatable bonds is 4. The standard InChI is InChI=1S/C23H17F2N9O/c1-10-3-4-16(25)17-18(10)31-21(11(2)30-20-15(9-27)19(28)32-23(29)33-20)34(22(17)35)14-6-12(8-26)5-13(24)7-14/h3-7,11H,1-2H3,(H5,28,29,30,32,33). The van der Waals surface area contributed by atoms with Gasteiger partial charge in [-0.05, 0) is 43.7 Å². The fourth-order valence-electron chi connectivity index (χ4n) is 3.69. The number of halogens is 2. The van der Waals surface area contributed by atoms with Gasteiger partial charge in [-0.3, -0.25) is 9.36 Å². The molecule has 35 heavy (non-hydrogen) atoms. The summed E-state index contributed by atoms with van der Waals surface area (Å²) in [6.45, 7) is 3.26. The predicted octanol–water partition coefficient (Wildman–Crippen LogP) is 2.84. The number of aromatic nitrogens is 4. The van der Waals surface area contributed by atoms with E-state index in [1.54, 1.807) is 13.8 Å². The molecule has 0 bridgehead atoms. The summed E-state index contributed by atoms with van der Waals surface area (Å²) in [6, 6.07) is 8.78. The number of nitrogens with zero attached hydrogens (tertiary/aromatic N) is 6. The largest absolute Gasteiger partial charge is 0.382 e. The van der Waals surface area contributed by atoms with Crippen molar-refractivity contribution in [2.75, 3.05) is 16.8 Å². The van der Waals surface area contributed by atoms with Gasteiger partial charge >= 0.3 is 0 Å². The summed E-state index contributed by atoms with van der Waals surface area (Å²) >= 11 is 0. The van der Waals surface area contributed by atoms with Crippen LogP contribution in [0, 0.1) is 41.2 Å². The molecule has 174 valence electrons. The molecule has 2 heterocycles. The van der Waals surface area contributed by atoms with Gasteiger partial charge in [0.25, 0.3) is 5.56 Å². The molecule has 1 unspecified atom stereocenters. The predicted molar refractivity (Wildman–Crippen MR) is 124 cm³/mol. The Kier molecular flexibility index (Phi) is 5.72. The Morgan fingerprint density at radius 3 is 2.51 bits per heavy atom. The van der Waals surface area contributed by atoms with Gasteiger partial charge < -0.3 is 16.8 Å². The molecule has 4 rings (SSSR count). The number of aryl methyl sites for hydroxylation is 1. The zero-order valence-corrected chi connectivity index (χ0v) is 18.5. The van der Waals surface area contributed by atoms with Gasteiger partial charge in [-0.1, -0.05) is 6.07 Å². The van der Waals surface area contributed by atoms with Crippen molar-refractivity contribution < 1.29 is 8.78 Å². The molecule has 12 heteroatoms. The Morgan fingerprint density at radius 2 is 1.83 bits per heavy atom. The van der Waals surface area contributed by atoms with E-state index in [0.29, 0.717) is 5.56 Å². The molecule has 5 N–H and O–H groups in total. The van der Waals surface area contributed by atoms with Gasteiger partial charge in [-0.2, -0.15) is 20.5 Å². The summed E-state index contributed by atoms with van der Waals surface area (Å²) in [5, 5.41) is 21.4. The second-order valence-corrected chi connectivity index (χ2v) is 7.68. The Labute approximate surface area is 197 Å². The van der Waals surface area contributed by atoms with Crippen LogP contribution in [-0.2, 0) is 0 Å². The number of nitrogen functional groups attached to an aromatic ring is 2. The van der Waals surface area contributed by atoms with E-state index in [9.17, 15) is 24.1 Å². The van der Waals surface area contributed by atoms with Crippen LogP contribution in [0.15, 0.2) is 35.1 Å². The lowest BCUT2D eigenvalue weighted by molar-refractivity contribution is 0.623. The summed E-state index contributed by atoms with van der Waals surface area (Å²) in [5.41, 5.74) is 11.1. The topological polar surface area (TPSA) is 172 Å². The first-order chi connectivity index (χ1) is 16.6. The molecule has 0 fully saturated rings. The molecule has 0 amide bonds. The number of hydrogen-bond acceptors (Lipinski definition) is 9. The van der Waals surface area contributed by atoms with E-state index in [0.717, 1.165) is 22.8 Å². The monoisotopic (exact) mass is 473 g/mol. The van der Waals surface area contributed by atoms with E-state index in [1.165, 1.54) is 12.1 Å². The Hall–Kier alpha value is -5.10. The molecule has 2 aromatic heterocycles. The minimum absolute atomic E-state index is 0.0150. The summed E-state index contributed by atoms with van der Waals surface area (Å²) in [7, 11) is 0. The summed E-state index contributed by atoms with van der Waals surface area (Å²) < 4.78 is 30.0. The van der Waals surface area contributed by atoms with Crippen LogP contribution in [0.25, 0.3) is 16.6 Å². The fourth-order valence-corrected chi connectivity index (χ4v) is 3.69. The van der Waals surface area contributed by atoms with Crippen molar-refractivity contribution in [3.8, 4) is 17.8 Å². The van der Waals surface area contributed by atoms with Gasteiger partial charge in [0, 0.05) is 0 Å². The Balaban J connectivity index is 2.03. The number of benzene rings is 2. The lowest BCUT2D eigenvalue weighted by Crippen LogP contribution is -2.28. The first kappa shape index (κ1) is 23.1. The molecule has 0 saturated carbocycles. The normalized spacial score (nSPS) is 11.6. The van der Waals surface area contributed by atoms with E-state index in [4.69, 9.17) is 11.5 Å². The molecule has 10 nitrogen and oxygen atoms in total. The lowest BCUT2D eigenvalue weighted by atomic mass is 10.1. The van der Waals surface area contributed by atoms with Crippen molar-refractivity contribution in [1.29, 1.82) is 10.5 Å². The van der Waals surface area contributed by atoms with Crippen molar-refractivity contribution in [1.82, 2.24) is 19.5 Å². The minimum atomic E-state index is -0.857. The molecule has 0 aliphatic rings. The van der Waals surface area contributed by atoms with Gasteiger partial charge in [0.1, 0.15) is 40.3 Å². The van der Waals surface area contributed by atoms with E-state index in [-0.39, 0.29) is 51.1 Å². The molecule has 0 aliphatic carbocycles. The van der Waals surface area contributed by atoms with Gasteiger partial charge in [-0.25, -0.2) is 13.8 Å².